The summed E-state index contributed by atoms with van der Waals surface area (Å²) in [5.41, 5.74) is 0. The van der Waals surface area contributed by atoms with E-state index in [2.05, 4.69) is 6.92 Å². The molecule has 0 aromatic heterocycles. The molecule has 2 heteroatoms. The third kappa shape index (κ3) is 11.6. The summed E-state index contributed by atoms with van der Waals surface area (Å²) in [6, 6.07) is 0. The summed E-state index contributed by atoms with van der Waals surface area (Å²) in [7, 11) is 0. The maximum atomic E-state index is 7.18. The van der Waals surface area contributed by atoms with Crippen LogP contribution in [-0.2, 0) is 0 Å². The molecule has 0 bridgehead atoms. The molecule has 0 aliphatic rings. The summed E-state index contributed by atoms with van der Waals surface area (Å²) < 4.78 is 0. The van der Waals surface area contributed by atoms with E-state index in [9.17, 15) is 0 Å². The Morgan fingerprint density at radius 1 is 0.824 bits per heavy atom. The summed E-state index contributed by atoms with van der Waals surface area (Å²) >= 11 is 0. The van der Waals surface area contributed by atoms with Gasteiger partial charge in [-0.2, -0.15) is 0 Å². The fourth-order valence-electron chi connectivity index (χ4n) is 2.26. The van der Waals surface area contributed by atoms with E-state index in [4.69, 9.17) is 10.8 Å². The molecule has 0 aromatic carbocycles. The molecule has 0 saturated carbocycles. The molecular formula is C15H30N2. The second-order valence-electron chi connectivity index (χ2n) is 5.00. The second-order valence-corrected chi connectivity index (χ2v) is 5.00. The molecule has 0 saturated heterocycles. The van der Waals surface area contributed by atoms with E-state index in [1.807, 2.05) is 0 Å². The molecule has 0 heterocycles. The Morgan fingerprint density at radius 3 is 2.06 bits per heavy atom. The van der Waals surface area contributed by atoms with Crippen LogP contribution in [0.4, 0.5) is 0 Å². The monoisotopic (exact) mass is 238 g/mol. The summed E-state index contributed by atoms with van der Waals surface area (Å²) in [6.07, 6.45) is 16.7. The number of hydrogen-bond donors (Lipinski definition) is 2. The third-order valence-corrected chi connectivity index (χ3v) is 3.39. The van der Waals surface area contributed by atoms with Crippen LogP contribution in [0.25, 0.3) is 0 Å². The van der Waals surface area contributed by atoms with Gasteiger partial charge in [-0.25, -0.2) is 0 Å². The maximum absolute atomic E-state index is 7.18. The molecule has 1 atom stereocenters. The van der Waals surface area contributed by atoms with Crippen molar-refractivity contribution < 1.29 is 0 Å². The van der Waals surface area contributed by atoms with E-state index in [-0.39, 0.29) is 0 Å². The predicted octanol–water partition coefficient (Wildman–Crippen LogP) is 5.21. The van der Waals surface area contributed by atoms with Crippen LogP contribution in [0, 0.1) is 16.7 Å². The minimum absolute atomic E-state index is 0.643. The topological polar surface area (TPSA) is 47.7 Å². The molecule has 0 aromatic rings. The van der Waals surface area contributed by atoms with E-state index in [1.54, 1.807) is 0 Å². The van der Waals surface area contributed by atoms with Gasteiger partial charge in [0.15, 0.2) is 0 Å². The van der Waals surface area contributed by atoms with Crippen LogP contribution in [-0.4, -0.2) is 12.4 Å². The Kier molecular flexibility index (Phi) is 12.9. The Bertz CT molecular complexity index is 178. The van der Waals surface area contributed by atoms with Crippen molar-refractivity contribution in [1.82, 2.24) is 0 Å². The van der Waals surface area contributed by atoms with Gasteiger partial charge in [0.2, 0.25) is 0 Å². The zero-order valence-electron chi connectivity index (χ0n) is 11.5. The normalized spacial score (nSPS) is 12.3. The minimum atomic E-state index is 0.643. The highest BCUT2D eigenvalue weighted by Crippen LogP contribution is 2.18. The molecule has 0 rings (SSSR count). The smallest absolute Gasteiger partial charge is 0.00450 e. The van der Waals surface area contributed by atoms with E-state index in [0.717, 1.165) is 19.3 Å². The van der Waals surface area contributed by atoms with Crippen LogP contribution in [0.2, 0.25) is 0 Å². The standard InChI is InChI=1S/C15H30N2/c1-2-3-4-5-6-7-8-10-15(12-14-17)11-9-13-16/h13-17H,2-12H2,1H3. The fourth-order valence-corrected chi connectivity index (χ4v) is 2.26. The molecule has 0 spiro atoms. The molecule has 0 aliphatic carbocycles. The zero-order chi connectivity index (χ0) is 12.8. The zero-order valence-corrected chi connectivity index (χ0v) is 11.5. The van der Waals surface area contributed by atoms with Gasteiger partial charge < -0.3 is 10.8 Å². The molecule has 2 N–H and O–H groups in total. The number of nitrogens with one attached hydrogen (secondary N) is 2. The predicted molar refractivity (Wildman–Crippen MR) is 77.5 cm³/mol. The van der Waals surface area contributed by atoms with Gasteiger partial charge in [-0.15, -0.1) is 0 Å². The lowest BCUT2D eigenvalue weighted by Gasteiger charge is -2.13. The summed E-state index contributed by atoms with van der Waals surface area (Å²) in [5, 5.41) is 14.2. The molecule has 0 amide bonds. The lowest BCUT2D eigenvalue weighted by molar-refractivity contribution is 0.444. The number of rotatable bonds is 13. The Hall–Kier alpha value is -0.660. The van der Waals surface area contributed by atoms with Crippen LogP contribution in [0.15, 0.2) is 0 Å². The number of unbranched alkanes of at least 4 members (excludes halogenated alkanes) is 6. The van der Waals surface area contributed by atoms with Crippen LogP contribution in [0.5, 0.6) is 0 Å². The van der Waals surface area contributed by atoms with Gasteiger partial charge >= 0.3 is 0 Å². The first-order valence-electron chi connectivity index (χ1n) is 7.33. The SMILES string of the molecule is CCCCCCCCCC(CC=N)CCC=N. The van der Waals surface area contributed by atoms with E-state index in [0.29, 0.717) is 5.92 Å². The average Bonchev–Trinajstić information content (AvgIpc) is 2.34. The molecule has 100 valence electrons. The van der Waals surface area contributed by atoms with Gasteiger partial charge in [0.05, 0.1) is 0 Å². The molecule has 2 nitrogen and oxygen atoms in total. The highest BCUT2D eigenvalue weighted by Gasteiger charge is 2.06. The summed E-state index contributed by atoms with van der Waals surface area (Å²) in [5.74, 6) is 0.643. The first kappa shape index (κ1) is 16.3. The van der Waals surface area contributed by atoms with Crippen LogP contribution in [0.1, 0.15) is 77.6 Å². The van der Waals surface area contributed by atoms with Gasteiger partial charge in [-0.3, -0.25) is 0 Å². The quantitative estimate of drug-likeness (QED) is 0.327. The second kappa shape index (κ2) is 13.4. The van der Waals surface area contributed by atoms with Crippen molar-refractivity contribution in [3.8, 4) is 0 Å². The lowest BCUT2D eigenvalue weighted by Crippen LogP contribution is -2.01. The first-order chi connectivity index (χ1) is 8.35. The Balaban J connectivity index is 3.39. The first-order valence-corrected chi connectivity index (χ1v) is 7.33. The van der Waals surface area contributed by atoms with Crippen molar-refractivity contribution >= 4 is 12.4 Å². The van der Waals surface area contributed by atoms with Gasteiger partial charge in [-0.1, -0.05) is 58.3 Å². The molecule has 17 heavy (non-hydrogen) atoms. The van der Waals surface area contributed by atoms with Crippen LogP contribution in [0.3, 0.4) is 0 Å². The van der Waals surface area contributed by atoms with E-state index >= 15 is 0 Å². The highest BCUT2D eigenvalue weighted by atomic mass is 14.3. The van der Waals surface area contributed by atoms with Crippen LogP contribution >= 0.6 is 0 Å². The third-order valence-electron chi connectivity index (χ3n) is 3.39. The van der Waals surface area contributed by atoms with E-state index in [1.165, 1.54) is 63.8 Å². The number of hydrogen-bond acceptors (Lipinski definition) is 2. The minimum Gasteiger partial charge on any atom is -0.313 e. The van der Waals surface area contributed by atoms with Gasteiger partial charge in [0, 0.05) is 0 Å². The maximum Gasteiger partial charge on any atom is -0.00450 e. The van der Waals surface area contributed by atoms with Crippen molar-refractivity contribution in [2.45, 2.75) is 77.6 Å². The lowest BCUT2D eigenvalue weighted by atomic mass is 9.93. The van der Waals surface area contributed by atoms with Crippen molar-refractivity contribution in [2.75, 3.05) is 0 Å². The molecular weight excluding hydrogens is 208 g/mol. The van der Waals surface area contributed by atoms with Gasteiger partial charge in [-0.05, 0) is 37.6 Å². The molecule has 1 unspecified atom stereocenters. The largest absolute Gasteiger partial charge is 0.313 e. The van der Waals surface area contributed by atoms with Crippen molar-refractivity contribution in [3.63, 3.8) is 0 Å². The molecule has 0 fully saturated rings. The summed E-state index contributed by atoms with van der Waals surface area (Å²) in [6.45, 7) is 2.26. The van der Waals surface area contributed by atoms with Crippen molar-refractivity contribution in [2.24, 2.45) is 5.92 Å². The average molecular weight is 238 g/mol. The summed E-state index contributed by atoms with van der Waals surface area (Å²) in [4.78, 5) is 0. The van der Waals surface area contributed by atoms with Crippen LogP contribution < -0.4 is 0 Å². The fraction of sp³-hybridized carbons (Fsp3) is 0.867. The van der Waals surface area contributed by atoms with Crippen molar-refractivity contribution in [3.05, 3.63) is 0 Å². The Labute approximate surface area is 107 Å². The van der Waals surface area contributed by atoms with E-state index < -0.39 is 0 Å². The highest BCUT2D eigenvalue weighted by molar-refractivity contribution is 5.54. The molecule has 0 radical (unpaired) electrons. The van der Waals surface area contributed by atoms with Gasteiger partial charge in [0.1, 0.15) is 0 Å². The molecule has 0 aliphatic heterocycles. The Morgan fingerprint density at radius 2 is 1.47 bits per heavy atom. The van der Waals surface area contributed by atoms with Crippen molar-refractivity contribution in [1.29, 1.82) is 10.8 Å². The van der Waals surface area contributed by atoms with Gasteiger partial charge in [0.25, 0.3) is 0 Å².